The van der Waals surface area contributed by atoms with Gasteiger partial charge < -0.3 is 20.9 Å². The van der Waals surface area contributed by atoms with Gasteiger partial charge in [0.25, 0.3) is 5.56 Å². The molecule has 3 rings (SSSR count). The van der Waals surface area contributed by atoms with Crippen molar-refractivity contribution >= 4 is 11.9 Å². The molecule has 1 aromatic heterocycles. The molecule has 0 saturated carbocycles. The van der Waals surface area contributed by atoms with Gasteiger partial charge in [0.1, 0.15) is 5.82 Å². The maximum atomic E-state index is 12.0. The third-order valence-corrected chi connectivity index (χ3v) is 5.37. The SMILES string of the molecule is C=CC[C@@H]1CC=C[C@@H](C)N1Cc1ccccc1-c1nc(CN)cc(=O)[nH]1.O=C(O)C(F)(F)F.O=C(O)C(F)(F)F. The Hall–Kier alpha value is -3.98. The second-order valence-electron chi connectivity index (χ2n) is 8.31. The van der Waals surface area contributed by atoms with Crippen molar-refractivity contribution in [2.24, 2.45) is 5.73 Å². The van der Waals surface area contributed by atoms with Gasteiger partial charge in [0.05, 0.1) is 5.69 Å². The highest BCUT2D eigenvalue weighted by atomic mass is 19.4. The molecule has 220 valence electrons. The first-order valence-electron chi connectivity index (χ1n) is 11.5. The highest BCUT2D eigenvalue weighted by Crippen LogP contribution is 2.27. The smallest absolute Gasteiger partial charge is 0.475 e. The van der Waals surface area contributed by atoms with Crippen LogP contribution in [-0.2, 0) is 22.7 Å². The third-order valence-electron chi connectivity index (χ3n) is 5.37. The lowest BCUT2D eigenvalue weighted by Crippen LogP contribution is -2.42. The number of carboxylic acids is 2. The number of nitrogens with two attached hydrogens (primary N) is 1. The highest BCUT2D eigenvalue weighted by Gasteiger charge is 2.38. The summed E-state index contributed by atoms with van der Waals surface area (Å²) in [6.07, 6.45) is -1.70. The second-order valence-corrected chi connectivity index (χ2v) is 8.31. The van der Waals surface area contributed by atoms with Gasteiger partial charge in [-0.05, 0) is 25.3 Å². The minimum Gasteiger partial charge on any atom is -0.475 e. The average molecular weight is 579 g/mol. The lowest BCUT2D eigenvalue weighted by Gasteiger charge is -2.37. The molecule has 1 aromatic carbocycles. The number of H-pyrrole nitrogens is 1. The number of benzene rings is 1. The minimum absolute atomic E-state index is 0.177. The Bertz CT molecular complexity index is 1220. The van der Waals surface area contributed by atoms with Crippen LogP contribution in [0.25, 0.3) is 11.4 Å². The molecule has 40 heavy (non-hydrogen) atoms. The van der Waals surface area contributed by atoms with Crippen LogP contribution < -0.4 is 11.3 Å². The molecule has 2 heterocycles. The van der Waals surface area contributed by atoms with Crippen molar-refractivity contribution in [1.29, 1.82) is 0 Å². The molecule has 15 heteroatoms. The third kappa shape index (κ3) is 11.0. The van der Waals surface area contributed by atoms with Gasteiger partial charge in [-0.2, -0.15) is 26.3 Å². The fourth-order valence-electron chi connectivity index (χ4n) is 3.53. The molecule has 0 radical (unpaired) electrons. The Morgan fingerprint density at radius 2 is 1.70 bits per heavy atom. The average Bonchev–Trinajstić information content (AvgIpc) is 2.85. The van der Waals surface area contributed by atoms with Crippen molar-refractivity contribution in [3.8, 4) is 11.4 Å². The van der Waals surface area contributed by atoms with Crippen LogP contribution in [0.4, 0.5) is 26.3 Å². The van der Waals surface area contributed by atoms with E-state index in [9.17, 15) is 31.1 Å². The number of aromatic amines is 1. The monoisotopic (exact) mass is 578 g/mol. The van der Waals surface area contributed by atoms with E-state index < -0.39 is 24.3 Å². The van der Waals surface area contributed by atoms with Crippen LogP contribution in [0.2, 0.25) is 0 Å². The zero-order valence-electron chi connectivity index (χ0n) is 21.2. The quantitative estimate of drug-likeness (QED) is 0.294. The Morgan fingerprint density at radius 1 is 1.15 bits per heavy atom. The normalized spacial score (nSPS) is 17.1. The lowest BCUT2D eigenvalue weighted by atomic mass is 9.97. The molecule has 2 aromatic rings. The van der Waals surface area contributed by atoms with Crippen LogP contribution in [0.15, 0.2) is 59.9 Å². The molecule has 0 bridgehead atoms. The van der Waals surface area contributed by atoms with Crippen LogP contribution in [0.5, 0.6) is 0 Å². The van der Waals surface area contributed by atoms with Crippen molar-refractivity contribution < 1.29 is 46.1 Å². The second kappa shape index (κ2) is 15.0. The van der Waals surface area contributed by atoms with E-state index in [-0.39, 0.29) is 12.1 Å². The van der Waals surface area contributed by atoms with Crippen molar-refractivity contribution in [3.05, 3.63) is 76.8 Å². The summed E-state index contributed by atoms with van der Waals surface area (Å²) in [4.78, 5) is 39.6. The van der Waals surface area contributed by atoms with Crippen LogP contribution in [0.1, 0.15) is 31.0 Å². The lowest BCUT2D eigenvalue weighted by molar-refractivity contribution is -0.193. The van der Waals surface area contributed by atoms with Crippen molar-refractivity contribution in [2.75, 3.05) is 0 Å². The fraction of sp³-hybridized carbons (Fsp3) is 0.360. The molecule has 9 nitrogen and oxygen atoms in total. The number of halogens is 6. The molecule has 1 aliphatic rings. The molecule has 0 amide bonds. The number of carbonyl (C=O) groups is 2. The zero-order chi connectivity index (χ0) is 30.7. The van der Waals surface area contributed by atoms with Crippen molar-refractivity contribution in [3.63, 3.8) is 0 Å². The maximum absolute atomic E-state index is 12.0. The number of nitrogens with one attached hydrogen (secondary N) is 1. The molecule has 0 aliphatic carbocycles. The predicted octanol–water partition coefficient (Wildman–Crippen LogP) is 4.26. The number of carboxylic acid groups (broad SMARTS) is 2. The molecule has 0 fully saturated rings. The Morgan fingerprint density at radius 3 is 2.20 bits per heavy atom. The summed E-state index contributed by atoms with van der Waals surface area (Å²) >= 11 is 0. The van der Waals surface area contributed by atoms with E-state index >= 15 is 0 Å². The predicted molar refractivity (Wildman–Crippen MR) is 133 cm³/mol. The largest absolute Gasteiger partial charge is 0.490 e. The van der Waals surface area contributed by atoms with Gasteiger partial charge in [-0.15, -0.1) is 6.58 Å². The first-order chi connectivity index (χ1) is 18.5. The first-order valence-corrected chi connectivity index (χ1v) is 11.5. The Labute approximate surface area is 224 Å². The van der Waals surface area contributed by atoms with Crippen LogP contribution in [-0.4, -0.2) is 61.5 Å². The maximum Gasteiger partial charge on any atom is 0.490 e. The fourth-order valence-corrected chi connectivity index (χ4v) is 3.53. The highest BCUT2D eigenvalue weighted by molar-refractivity contribution is 5.73. The summed E-state index contributed by atoms with van der Waals surface area (Å²) in [6.45, 7) is 7.15. The summed E-state index contributed by atoms with van der Waals surface area (Å²) < 4.78 is 63.5. The standard InChI is InChI=1S/C21H26N4O.2C2HF3O2/c1-3-7-18-10-6-8-15(2)25(18)14-16-9-4-5-11-19(16)21-23-17(13-22)12-20(26)24-21;2*3-2(4,5)1(6)7/h3-6,8-9,11-12,15,18H,1,7,10,13-14,22H2,2H3,(H,23,24,26);2*(H,6,7)/t15-,18-;;/m1../s1. The van der Waals surface area contributed by atoms with E-state index in [0.717, 1.165) is 30.5 Å². The van der Waals surface area contributed by atoms with E-state index in [1.807, 2.05) is 24.3 Å². The van der Waals surface area contributed by atoms with Gasteiger partial charge in [-0.3, -0.25) is 9.69 Å². The summed E-state index contributed by atoms with van der Waals surface area (Å²) in [7, 11) is 0. The molecule has 0 unspecified atom stereocenters. The summed E-state index contributed by atoms with van der Waals surface area (Å²) in [5.74, 6) is -4.94. The van der Waals surface area contributed by atoms with Crippen LogP contribution >= 0.6 is 0 Å². The van der Waals surface area contributed by atoms with E-state index in [4.69, 9.17) is 25.5 Å². The zero-order valence-corrected chi connectivity index (χ0v) is 21.2. The summed E-state index contributed by atoms with van der Waals surface area (Å²) in [5, 5.41) is 14.2. The Balaban J connectivity index is 0.000000473. The topological polar surface area (TPSA) is 150 Å². The van der Waals surface area contributed by atoms with Crippen LogP contribution in [0, 0.1) is 0 Å². The first kappa shape index (κ1) is 34.0. The molecular weight excluding hydrogens is 550 g/mol. The van der Waals surface area contributed by atoms with Gasteiger partial charge in [0, 0.05) is 36.8 Å². The Kier molecular flexibility index (Phi) is 12.7. The molecule has 2 atom stereocenters. The van der Waals surface area contributed by atoms with Crippen molar-refractivity contribution in [2.45, 2.75) is 57.3 Å². The van der Waals surface area contributed by atoms with E-state index in [0.29, 0.717) is 23.6 Å². The summed E-state index contributed by atoms with van der Waals surface area (Å²) in [5.41, 5.74) is 8.18. The van der Waals surface area contributed by atoms with Gasteiger partial charge in [0.15, 0.2) is 0 Å². The number of hydrogen-bond acceptors (Lipinski definition) is 6. The van der Waals surface area contributed by atoms with Crippen molar-refractivity contribution in [1.82, 2.24) is 14.9 Å². The van der Waals surface area contributed by atoms with Crippen LogP contribution in [0.3, 0.4) is 0 Å². The summed E-state index contributed by atoms with van der Waals surface area (Å²) in [6, 6.07) is 10.3. The molecule has 5 N–H and O–H groups in total. The number of rotatable bonds is 6. The number of hydrogen-bond donors (Lipinski definition) is 4. The number of alkyl halides is 6. The van der Waals surface area contributed by atoms with Gasteiger partial charge in [-0.25, -0.2) is 14.6 Å². The molecule has 0 saturated heterocycles. The van der Waals surface area contributed by atoms with Gasteiger partial charge in [-0.1, -0.05) is 42.5 Å². The van der Waals surface area contributed by atoms with Gasteiger partial charge >= 0.3 is 24.3 Å². The van der Waals surface area contributed by atoms with E-state index in [1.54, 1.807) is 0 Å². The van der Waals surface area contributed by atoms with Gasteiger partial charge in [0.2, 0.25) is 0 Å². The minimum atomic E-state index is -5.08. The van der Waals surface area contributed by atoms with E-state index in [2.05, 4.69) is 46.6 Å². The number of aliphatic carboxylic acids is 2. The van der Waals surface area contributed by atoms with E-state index in [1.165, 1.54) is 6.07 Å². The molecule has 0 spiro atoms. The molecule has 1 aliphatic heterocycles. The number of aromatic nitrogens is 2. The number of nitrogens with zero attached hydrogens (tertiary/aromatic N) is 2. The molecular formula is C25H28F6N4O5.